The van der Waals surface area contributed by atoms with Crippen molar-refractivity contribution in [3.8, 4) is 0 Å². The fourth-order valence-electron chi connectivity index (χ4n) is 0.499. The van der Waals surface area contributed by atoms with E-state index < -0.39 is 0 Å². The number of aromatic nitrogens is 4. The highest BCUT2D eigenvalue weighted by Crippen LogP contribution is 1.88. The molecule has 9 heavy (non-hydrogen) atoms. The third-order valence-corrected chi connectivity index (χ3v) is 0.981. The van der Waals surface area contributed by atoms with Gasteiger partial charge in [0.05, 0.1) is 0 Å². The topological polar surface area (TPSA) is 52.8 Å². The Morgan fingerprint density at radius 2 is 2.44 bits per heavy atom. The Morgan fingerprint density at radius 1 is 1.67 bits per heavy atom. The molecule has 0 aliphatic carbocycles. The summed E-state index contributed by atoms with van der Waals surface area (Å²) < 4.78 is 6.38. The van der Waals surface area contributed by atoms with Gasteiger partial charge in [0.2, 0.25) is 0 Å². The molecular formula is C4H8N4O. The van der Waals surface area contributed by atoms with Crippen LogP contribution in [0.4, 0.5) is 0 Å². The van der Waals surface area contributed by atoms with Gasteiger partial charge in [0.25, 0.3) is 0 Å². The van der Waals surface area contributed by atoms with Crippen LogP contribution >= 0.6 is 0 Å². The van der Waals surface area contributed by atoms with Gasteiger partial charge in [0, 0.05) is 14.2 Å². The minimum Gasteiger partial charge on any atom is -0.377 e. The number of tetrazole rings is 1. The van der Waals surface area contributed by atoms with Crippen LogP contribution in [0.5, 0.6) is 0 Å². The van der Waals surface area contributed by atoms with E-state index in [-0.39, 0.29) is 0 Å². The second-order valence-electron chi connectivity index (χ2n) is 1.65. The molecule has 0 atom stereocenters. The molecule has 0 N–H and O–H groups in total. The fraction of sp³-hybridized carbons (Fsp3) is 0.750. The van der Waals surface area contributed by atoms with Gasteiger partial charge in [-0.2, -0.15) is 0 Å². The van der Waals surface area contributed by atoms with Crippen LogP contribution in [0.25, 0.3) is 0 Å². The maximum Gasteiger partial charge on any atom is 0.176 e. The predicted molar refractivity (Wildman–Crippen MR) is 29.5 cm³/mol. The van der Waals surface area contributed by atoms with E-state index in [1.807, 2.05) is 0 Å². The number of aryl methyl sites for hydroxylation is 1. The highest BCUT2D eigenvalue weighted by atomic mass is 16.5. The molecule has 0 radical (unpaired) electrons. The molecule has 1 rings (SSSR count). The molecule has 0 saturated heterocycles. The van der Waals surface area contributed by atoms with Gasteiger partial charge in [-0.05, 0) is 10.4 Å². The molecule has 0 saturated carbocycles. The lowest BCUT2D eigenvalue weighted by Crippen LogP contribution is -2.00. The summed E-state index contributed by atoms with van der Waals surface area (Å²) in [6, 6.07) is 0. The summed E-state index contributed by atoms with van der Waals surface area (Å²) in [7, 11) is 3.38. The summed E-state index contributed by atoms with van der Waals surface area (Å²) in [6.45, 7) is 0.462. The molecule has 5 nitrogen and oxygen atoms in total. The zero-order valence-corrected chi connectivity index (χ0v) is 5.40. The second-order valence-corrected chi connectivity index (χ2v) is 1.65. The molecule has 0 fully saturated rings. The predicted octanol–water partition coefficient (Wildman–Crippen LogP) is -0.644. The van der Waals surface area contributed by atoms with Crippen LogP contribution in [0.3, 0.4) is 0 Å². The average Bonchev–Trinajstić information content (AvgIpc) is 2.18. The molecule has 0 bridgehead atoms. The highest BCUT2D eigenvalue weighted by molar-refractivity contribution is 4.73. The van der Waals surface area contributed by atoms with Crippen molar-refractivity contribution in [1.82, 2.24) is 20.2 Å². The lowest BCUT2D eigenvalue weighted by Gasteiger charge is -1.93. The zero-order chi connectivity index (χ0) is 6.69. The Hall–Kier alpha value is -0.970. The first kappa shape index (κ1) is 6.15. The molecule has 5 heteroatoms. The Bertz CT molecular complexity index is 184. The average molecular weight is 128 g/mol. The van der Waals surface area contributed by atoms with Crippen molar-refractivity contribution < 1.29 is 4.74 Å². The van der Waals surface area contributed by atoms with Crippen molar-refractivity contribution in [2.75, 3.05) is 7.11 Å². The number of rotatable bonds is 2. The van der Waals surface area contributed by atoms with Crippen LogP contribution in [0.1, 0.15) is 5.82 Å². The minimum absolute atomic E-state index is 0.462. The van der Waals surface area contributed by atoms with Crippen LogP contribution in [0.2, 0.25) is 0 Å². The number of hydrogen-bond acceptors (Lipinski definition) is 4. The molecule has 50 valence electrons. The summed E-state index contributed by atoms with van der Waals surface area (Å²) in [5, 5.41) is 10.7. The Morgan fingerprint density at radius 3 is 2.89 bits per heavy atom. The number of nitrogens with zero attached hydrogens (tertiary/aromatic N) is 4. The fourth-order valence-corrected chi connectivity index (χ4v) is 0.499. The van der Waals surface area contributed by atoms with Gasteiger partial charge >= 0.3 is 0 Å². The van der Waals surface area contributed by atoms with Gasteiger partial charge < -0.3 is 4.74 Å². The molecule has 1 aromatic heterocycles. The smallest absolute Gasteiger partial charge is 0.176 e. The molecule has 0 aromatic carbocycles. The Labute approximate surface area is 52.6 Å². The van der Waals surface area contributed by atoms with Gasteiger partial charge in [0.1, 0.15) is 6.61 Å². The number of methoxy groups -OCH3 is 1. The molecule has 0 amide bonds. The maximum absolute atomic E-state index is 4.80. The van der Waals surface area contributed by atoms with Crippen molar-refractivity contribution in [3.63, 3.8) is 0 Å². The summed E-state index contributed by atoms with van der Waals surface area (Å²) in [6.07, 6.45) is 0. The molecule has 1 heterocycles. The molecular weight excluding hydrogens is 120 g/mol. The normalized spacial score (nSPS) is 10.0. The van der Waals surface area contributed by atoms with Gasteiger partial charge in [0.15, 0.2) is 5.82 Å². The SMILES string of the molecule is COCc1nnnn1C. The molecule has 0 unspecified atom stereocenters. The summed E-state index contributed by atoms with van der Waals surface area (Å²) in [4.78, 5) is 0. The lowest BCUT2D eigenvalue weighted by atomic mass is 10.7. The van der Waals surface area contributed by atoms with E-state index in [1.165, 1.54) is 0 Å². The zero-order valence-electron chi connectivity index (χ0n) is 5.40. The lowest BCUT2D eigenvalue weighted by molar-refractivity contribution is 0.174. The van der Waals surface area contributed by atoms with Gasteiger partial charge in [-0.15, -0.1) is 5.10 Å². The van der Waals surface area contributed by atoms with Crippen LogP contribution in [-0.4, -0.2) is 27.3 Å². The van der Waals surface area contributed by atoms with Gasteiger partial charge in [-0.3, -0.25) is 0 Å². The van der Waals surface area contributed by atoms with Crippen molar-refractivity contribution in [3.05, 3.63) is 5.82 Å². The van der Waals surface area contributed by atoms with Crippen molar-refractivity contribution >= 4 is 0 Å². The monoisotopic (exact) mass is 128 g/mol. The second kappa shape index (κ2) is 2.54. The van der Waals surface area contributed by atoms with E-state index in [2.05, 4.69) is 15.5 Å². The largest absolute Gasteiger partial charge is 0.377 e. The quantitative estimate of drug-likeness (QED) is 0.531. The summed E-state index contributed by atoms with van der Waals surface area (Å²) >= 11 is 0. The number of hydrogen-bond donors (Lipinski definition) is 0. The van der Waals surface area contributed by atoms with Crippen molar-refractivity contribution in [2.45, 2.75) is 6.61 Å². The van der Waals surface area contributed by atoms with Crippen LogP contribution in [0, 0.1) is 0 Å². The van der Waals surface area contributed by atoms with E-state index >= 15 is 0 Å². The standard InChI is InChI=1S/C4H8N4O/c1-8-4(3-9-2)5-6-7-8/h3H2,1-2H3. The molecule has 0 aliphatic rings. The minimum atomic E-state index is 0.462. The highest BCUT2D eigenvalue weighted by Gasteiger charge is 1.97. The van der Waals surface area contributed by atoms with Crippen molar-refractivity contribution in [1.29, 1.82) is 0 Å². The number of ether oxygens (including phenoxy) is 1. The Balaban J connectivity index is 2.69. The third kappa shape index (κ3) is 1.23. The van der Waals surface area contributed by atoms with Gasteiger partial charge in [-0.1, -0.05) is 0 Å². The van der Waals surface area contributed by atoms with Gasteiger partial charge in [-0.25, -0.2) is 4.68 Å². The van der Waals surface area contributed by atoms with Crippen LogP contribution in [-0.2, 0) is 18.4 Å². The van der Waals surface area contributed by atoms with Crippen LogP contribution in [0.15, 0.2) is 0 Å². The first-order chi connectivity index (χ1) is 4.34. The van der Waals surface area contributed by atoms with E-state index in [0.29, 0.717) is 6.61 Å². The summed E-state index contributed by atoms with van der Waals surface area (Å²) in [5.74, 6) is 0.734. The van der Waals surface area contributed by atoms with E-state index in [9.17, 15) is 0 Å². The Kier molecular flexibility index (Phi) is 1.74. The van der Waals surface area contributed by atoms with Crippen LogP contribution < -0.4 is 0 Å². The summed E-state index contributed by atoms with van der Waals surface area (Å²) in [5.41, 5.74) is 0. The molecule has 0 aliphatic heterocycles. The first-order valence-electron chi connectivity index (χ1n) is 2.54. The van der Waals surface area contributed by atoms with E-state index in [4.69, 9.17) is 4.74 Å². The molecule has 1 aromatic rings. The van der Waals surface area contributed by atoms with E-state index in [1.54, 1.807) is 18.8 Å². The van der Waals surface area contributed by atoms with E-state index in [0.717, 1.165) is 5.82 Å². The maximum atomic E-state index is 4.80. The molecule has 0 spiro atoms. The first-order valence-corrected chi connectivity index (χ1v) is 2.54. The van der Waals surface area contributed by atoms with Crippen molar-refractivity contribution in [2.24, 2.45) is 7.05 Å². The third-order valence-electron chi connectivity index (χ3n) is 0.981.